The van der Waals surface area contributed by atoms with E-state index in [4.69, 9.17) is 0 Å². The summed E-state index contributed by atoms with van der Waals surface area (Å²) in [4.78, 5) is 13.8. The van der Waals surface area contributed by atoms with Gasteiger partial charge < -0.3 is 10.6 Å². The predicted octanol–water partition coefficient (Wildman–Crippen LogP) is 0.618. The molecular formula is C11H24ClN3O. The van der Waals surface area contributed by atoms with Gasteiger partial charge in [0.1, 0.15) is 0 Å². The SMILES string of the molecule is CCCN(CC(=O)NCC)C1CCNC1.Cl. The van der Waals surface area contributed by atoms with Crippen molar-refractivity contribution < 1.29 is 4.79 Å². The lowest BCUT2D eigenvalue weighted by atomic mass is 10.2. The van der Waals surface area contributed by atoms with E-state index in [0.717, 1.165) is 32.6 Å². The Balaban J connectivity index is 0.00000225. The van der Waals surface area contributed by atoms with Gasteiger partial charge in [-0.1, -0.05) is 6.92 Å². The van der Waals surface area contributed by atoms with Gasteiger partial charge in [-0.05, 0) is 32.9 Å². The van der Waals surface area contributed by atoms with Crippen molar-refractivity contribution in [1.82, 2.24) is 15.5 Å². The molecule has 2 N–H and O–H groups in total. The molecule has 1 fully saturated rings. The molecule has 0 radical (unpaired) electrons. The summed E-state index contributed by atoms with van der Waals surface area (Å²) >= 11 is 0. The highest BCUT2D eigenvalue weighted by Gasteiger charge is 2.22. The highest BCUT2D eigenvalue weighted by molar-refractivity contribution is 5.85. The second-order valence-corrected chi connectivity index (χ2v) is 4.07. The van der Waals surface area contributed by atoms with Crippen LogP contribution < -0.4 is 10.6 Å². The van der Waals surface area contributed by atoms with Gasteiger partial charge in [0.05, 0.1) is 6.54 Å². The van der Waals surface area contributed by atoms with Crippen molar-refractivity contribution in [3.8, 4) is 0 Å². The van der Waals surface area contributed by atoms with Crippen LogP contribution in [0.5, 0.6) is 0 Å². The molecule has 1 amide bonds. The fourth-order valence-corrected chi connectivity index (χ4v) is 2.07. The first kappa shape index (κ1) is 15.7. The Hall–Kier alpha value is -0.320. The van der Waals surface area contributed by atoms with Crippen LogP contribution in [-0.2, 0) is 4.79 Å². The number of hydrogen-bond donors (Lipinski definition) is 2. The monoisotopic (exact) mass is 249 g/mol. The molecule has 0 aliphatic carbocycles. The predicted molar refractivity (Wildman–Crippen MR) is 69.1 cm³/mol. The molecule has 1 unspecified atom stereocenters. The van der Waals surface area contributed by atoms with Crippen LogP contribution in [0.25, 0.3) is 0 Å². The number of hydrogen-bond acceptors (Lipinski definition) is 3. The molecule has 0 bridgehead atoms. The van der Waals surface area contributed by atoms with Gasteiger partial charge >= 0.3 is 0 Å². The van der Waals surface area contributed by atoms with Crippen LogP contribution in [-0.4, -0.2) is 49.6 Å². The van der Waals surface area contributed by atoms with Crippen molar-refractivity contribution in [3.05, 3.63) is 0 Å². The first-order valence-corrected chi connectivity index (χ1v) is 5.99. The molecule has 1 aliphatic rings. The lowest BCUT2D eigenvalue weighted by Gasteiger charge is -2.27. The van der Waals surface area contributed by atoms with Crippen LogP contribution in [0.1, 0.15) is 26.7 Å². The fraction of sp³-hybridized carbons (Fsp3) is 0.909. The smallest absolute Gasteiger partial charge is 0.234 e. The van der Waals surface area contributed by atoms with Gasteiger partial charge in [-0.3, -0.25) is 9.69 Å². The quantitative estimate of drug-likeness (QED) is 0.726. The van der Waals surface area contributed by atoms with Gasteiger partial charge in [-0.2, -0.15) is 0 Å². The van der Waals surface area contributed by atoms with E-state index in [2.05, 4.69) is 22.5 Å². The highest BCUT2D eigenvalue weighted by Crippen LogP contribution is 2.08. The standard InChI is InChI=1S/C11H23N3O.ClH/c1-3-7-14(9-11(15)13-4-2)10-5-6-12-8-10;/h10,12H,3-9H2,1-2H3,(H,13,15);1H. The summed E-state index contributed by atoms with van der Waals surface area (Å²) in [5.74, 6) is 0.151. The zero-order chi connectivity index (χ0) is 11.1. The number of nitrogens with zero attached hydrogens (tertiary/aromatic N) is 1. The van der Waals surface area contributed by atoms with E-state index in [1.165, 1.54) is 6.42 Å². The molecule has 1 atom stereocenters. The molecule has 0 aromatic rings. The Morgan fingerprint density at radius 2 is 2.25 bits per heavy atom. The van der Waals surface area contributed by atoms with E-state index >= 15 is 0 Å². The van der Waals surface area contributed by atoms with Crippen LogP contribution in [0.4, 0.5) is 0 Å². The van der Waals surface area contributed by atoms with Crippen molar-refractivity contribution in [3.63, 3.8) is 0 Å². The minimum absolute atomic E-state index is 0. The molecule has 1 rings (SSSR count). The number of carbonyl (C=O) groups excluding carboxylic acids is 1. The Kier molecular flexibility index (Phi) is 8.61. The normalized spacial score (nSPS) is 19.6. The zero-order valence-electron chi connectivity index (χ0n) is 10.3. The van der Waals surface area contributed by atoms with Gasteiger partial charge in [-0.15, -0.1) is 12.4 Å². The van der Waals surface area contributed by atoms with E-state index in [1.54, 1.807) is 0 Å². The lowest BCUT2D eigenvalue weighted by Crippen LogP contribution is -2.44. The average molecular weight is 250 g/mol. The minimum Gasteiger partial charge on any atom is -0.355 e. The fourth-order valence-electron chi connectivity index (χ4n) is 2.07. The van der Waals surface area contributed by atoms with Gasteiger partial charge in [0.25, 0.3) is 0 Å². The van der Waals surface area contributed by atoms with E-state index in [1.807, 2.05) is 6.92 Å². The van der Waals surface area contributed by atoms with Crippen molar-refractivity contribution in [2.75, 3.05) is 32.7 Å². The first-order valence-electron chi connectivity index (χ1n) is 5.99. The van der Waals surface area contributed by atoms with Crippen LogP contribution in [0.15, 0.2) is 0 Å². The summed E-state index contributed by atoms with van der Waals surface area (Å²) in [6.07, 6.45) is 2.27. The molecule has 96 valence electrons. The van der Waals surface area contributed by atoms with Crippen LogP contribution in [0, 0.1) is 0 Å². The number of likely N-dealkylation sites (N-methyl/N-ethyl adjacent to an activating group) is 1. The van der Waals surface area contributed by atoms with Gasteiger partial charge in [0.15, 0.2) is 0 Å². The second-order valence-electron chi connectivity index (χ2n) is 4.07. The average Bonchev–Trinajstić information content (AvgIpc) is 2.70. The summed E-state index contributed by atoms with van der Waals surface area (Å²) in [5, 5.41) is 6.20. The molecule has 16 heavy (non-hydrogen) atoms. The van der Waals surface area contributed by atoms with E-state index < -0.39 is 0 Å². The Bertz CT molecular complexity index is 196. The highest BCUT2D eigenvalue weighted by atomic mass is 35.5. The summed E-state index contributed by atoms with van der Waals surface area (Å²) in [6.45, 7) is 8.52. The molecular weight excluding hydrogens is 226 g/mol. The molecule has 0 saturated carbocycles. The Labute approximate surface area is 105 Å². The topological polar surface area (TPSA) is 44.4 Å². The molecule has 0 spiro atoms. The molecule has 1 heterocycles. The van der Waals surface area contributed by atoms with Crippen molar-refractivity contribution in [2.24, 2.45) is 0 Å². The molecule has 0 aromatic heterocycles. The number of nitrogens with one attached hydrogen (secondary N) is 2. The minimum atomic E-state index is 0. The largest absolute Gasteiger partial charge is 0.355 e. The molecule has 1 aliphatic heterocycles. The third kappa shape index (κ3) is 5.14. The number of halogens is 1. The zero-order valence-corrected chi connectivity index (χ0v) is 11.1. The van der Waals surface area contributed by atoms with Gasteiger partial charge in [0, 0.05) is 19.1 Å². The van der Waals surface area contributed by atoms with Crippen LogP contribution in [0.2, 0.25) is 0 Å². The van der Waals surface area contributed by atoms with Gasteiger partial charge in [0.2, 0.25) is 5.91 Å². The number of amides is 1. The van der Waals surface area contributed by atoms with Crippen molar-refractivity contribution in [2.45, 2.75) is 32.7 Å². The van der Waals surface area contributed by atoms with Crippen molar-refractivity contribution >= 4 is 18.3 Å². The second kappa shape index (κ2) is 8.79. The Morgan fingerprint density at radius 3 is 2.75 bits per heavy atom. The Morgan fingerprint density at radius 1 is 1.50 bits per heavy atom. The van der Waals surface area contributed by atoms with E-state index in [9.17, 15) is 4.79 Å². The summed E-state index contributed by atoms with van der Waals surface area (Å²) in [6, 6.07) is 0.549. The third-order valence-corrected chi connectivity index (χ3v) is 2.78. The molecule has 0 aromatic carbocycles. The maximum atomic E-state index is 11.5. The summed E-state index contributed by atoms with van der Waals surface area (Å²) in [7, 11) is 0. The van der Waals surface area contributed by atoms with Gasteiger partial charge in [-0.25, -0.2) is 0 Å². The summed E-state index contributed by atoms with van der Waals surface area (Å²) < 4.78 is 0. The summed E-state index contributed by atoms with van der Waals surface area (Å²) in [5.41, 5.74) is 0. The molecule has 5 heteroatoms. The lowest BCUT2D eigenvalue weighted by molar-refractivity contribution is -0.122. The maximum absolute atomic E-state index is 11.5. The van der Waals surface area contributed by atoms with E-state index in [0.29, 0.717) is 12.6 Å². The third-order valence-electron chi connectivity index (χ3n) is 2.78. The molecule has 1 saturated heterocycles. The number of rotatable bonds is 6. The first-order chi connectivity index (χ1) is 7.27. The number of carbonyl (C=O) groups is 1. The van der Waals surface area contributed by atoms with Crippen molar-refractivity contribution in [1.29, 1.82) is 0 Å². The van der Waals surface area contributed by atoms with Crippen LogP contribution >= 0.6 is 12.4 Å². The van der Waals surface area contributed by atoms with Crippen LogP contribution in [0.3, 0.4) is 0 Å². The molecule has 4 nitrogen and oxygen atoms in total. The van der Waals surface area contributed by atoms with E-state index in [-0.39, 0.29) is 18.3 Å². The maximum Gasteiger partial charge on any atom is 0.234 e.